The van der Waals surface area contributed by atoms with Crippen molar-refractivity contribution in [2.45, 2.75) is 6.92 Å². The number of hydrogen-bond donors (Lipinski definition) is 5. The van der Waals surface area contributed by atoms with Gasteiger partial charge in [-0.3, -0.25) is 33.9 Å². The molecule has 28 heavy (non-hydrogen) atoms. The van der Waals surface area contributed by atoms with E-state index in [1.54, 1.807) is 14.7 Å². The van der Waals surface area contributed by atoms with Gasteiger partial charge in [-0.25, -0.2) is 0 Å². The second-order valence-corrected chi connectivity index (χ2v) is 6.17. The summed E-state index contributed by atoms with van der Waals surface area (Å²) in [5, 5.41) is 38.2. The molecule has 0 aromatic carbocycles. The van der Waals surface area contributed by atoms with E-state index in [9.17, 15) is 19.2 Å². The zero-order chi connectivity index (χ0) is 21.5. The summed E-state index contributed by atoms with van der Waals surface area (Å²) in [6.45, 7) is 3.26. The summed E-state index contributed by atoms with van der Waals surface area (Å²) in [5.74, 6) is -4.05. The average Bonchev–Trinajstić information content (AvgIpc) is 2.57. The second-order valence-electron chi connectivity index (χ2n) is 6.17. The topological polar surface area (TPSA) is 171 Å². The SMILES string of the molecule is CCN(CCN(CCN(CCNCC(=O)O)CC(=O)O)CC(=O)O)CC(=O)O. The van der Waals surface area contributed by atoms with Gasteiger partial charge in [0.05, 0.1) is 26.2 Å². The number of nitrogens with zero attached hydrogens (tertiary/aromatic N) is 3. The third-order valence-electron chi connectivity index (χ3n) is 3.87. The molecular formula is C16H30N4O8. The van der Waals surface area contributed by atoms with E-state index >= 15 is 0 Å². The molecule has 0 saturated heterocycles. The fraction of sp³-hybridized carbons (Fsp3) is 0.750. The largest absolute Gasteiger partial charge is 0.480 e. The van der Waals surface area contributed by atoms with E-state index in [0.717, 1.165) is 0 Å². The highest BCUT2D eigenvalue weighted by Crippen LogP contribution is 1.96. The summed E-state index contributed by atoms with van der Waals surface area (Å²) in [4.78, 5) is 48.3. The predicted octanol–water partition coefficient (Wildman–Crippen LogP) is -2.16. The van der Waals surface area contributed by atoms with Crippen LogP contribution in [0.25, 0.3) is 0 Å². The number of carboxylic acid groups (broad SMARTS) is 4. The maximum atomic E-state index is 11.1. The molecule has 0 aromatic rings. The van der Waals surface area contributed by atoms with Gasteiger partial charge in [0.25, 0.3) is 0 Å². The minimum Gasteiger partial charge on any atom is -0.480 e. The van der Waals surface area contributed by atoms with Gasteiger partial charge in [0, 0.05) is 39.3 Å². The molecule has 0 radical (unpaired) electrons. The van der Waals surface area contributed by atoms with Crippen LogP contribution in [0.5, 0.6) is 0 Å². The van der Waals surface area contributed by atoms with E-state index < -0.39 is 23.9 Å². The number of carboxylic acids is 4. The maximum Gasteiger partial charge on any atom is 0.317 e. The van der Waals surface area contributed by atoms with Crippen molar-refractivity contribution in [2.24, 2.45) is 0 Å². The monoisotopic (exact) mass is 406 g/mol. The Morgan fingerprint density at radius 3 is 1.43 bits per heavy atom. The molecule has 0 aliphatic heterocycles. The molecule has 0 unspecified atom stereocenters. The predicted molar refractivity (Wildman–Crippen MR) is 98.4 cm³/mol. The first-order valence-electron chi connectivity index (χ1n) is 8.89. The normalized spacial score (nSPS) is 11.3. The molecule has 0 aliphatic rings. The highest BCUT2D eigenvalue weighted by molar-refractivity contribution is 5.70. The Balaban J connectivity index is 4.64. The lowest BCUT2D eigenvalue weighted by atomic mass is 10.3. The van der Waals surface area contributed by atoms with E-state index in [0.29, 0.717) is 26.2 Å². The quantitative estimate of drug-likeness (QED) is 0.156. The summed E-state index contributed by atoms with van der Waals surface area (Å²) in [7, 11) is 0. The van der Waals surface area contributed by atoms with Crippen molar-refractivity contribution in [1.29, 1.82) is 0 Å². The van der Waals surface area contributed by atoms with Gasteiger partial charge in [-0.05, 0) is 6.54 Å². The van der Waals surface area contributed by atoms with Crippen molar-refractivity contribution in [3.8, 4) is 0 Å². The van der Waals surface area contributed by atoms with Gasteiger partial charge < -0.3 is 25.7 Å². The summed E-state index contributed by atoms with van der Waals surface area (Å²) in [6, 6.07) is 0. The van der Waals surface area contributed by atoms with Crippen LogP contribution in [0.1, 0.15) is 6.92 Å². The first-order chi connectivity index (χ1) is 13.1. The Kier molecular flexibility index (Phi) is 13.5. The zero-order valence-corrected chi connectivity index (χ0v) is 16.0. The molecule has 0 saturated carbocycles. The zero-order valence-electron chi connectivity index (χ0n) is 16.0. The molecule has 0 bridgehead atoms. The Bertz CT molecular complexity index is 517. The molecular weight excluding hydrogens is 376 g/mol. The van der Waals surface area contributed by atoms with Crippen LogP contribution >= 0.6 is 0 Å². The average molecular weight is 406 g/mol. The summed E-state index contributed by atoms with van der Waals surface area (Å²) in [6.07, 6.45) is 0. The lowest BCUT2D eigenvalue weighted by Crippen LogP contribution is -2.45. The second kappa shape index (κ2) is 14.7. The highest BCUT2D eigenvalue weighted by atomic mass is 16.4. The van der Waals surface area contributed by atoms with Crippen molar-refractivity contribution in [2.75, 3.05) is 72.0 Å². The molecule has 0 aromatic heterocycles. The highest BCUT2D eigenvalue weighted by Gasteiger charge is 2.16. The van der Waals surface area contributed by atoms with Gasteiger partial charge in [0.1, 0.15) is 0 Å². The van der Waals surface area contributed by atoms with Crippen LogP contribution in [0.15, 0.2) is 0 Å². The third kappa shape index (κ3) is 14.8. The number of nitrogens with one attached hydrogen (secondary N) is 1. The molecule has 0 heterocycles. The van der Waals surface area contributed by atoms with Crippen LogP contribution in [0.4, 0.5) is 0 Å². The smallest absolute Gasteiger partial charge is 0.317 e. The third-order valence-corrected chi connectivity index (χ3v) is 3.87. The minimum atomic E-state index is -1.04. The van der Waals surface area contributed by atoms with E-state index in [2.05, 4.69) is 5.32 Å². The lowest BCUT2D eigenvalue weighted by Gasteiger charge is -2.28. The van der Waals surface area contributed by atoms with E-state index in [1.165, 1.54) is 0 Å². The molecule has 0 amide bonds. The van der Waals surface area contributed by atoms with Gasteiger partial charge >= 0.3 is 23.9 Å². The lowest BCUT2D eigenvalue weighted by molar-refractivity contribution is -0.140. The number of likely N-dealkylation sites (N-methyl/N-ethyl adjacent to an activating group) is 1. The molecule has 12 nitrogen and oxygen atoms in total. The first-order valence-corrected chi connectivity index (χ1v) is 8.89. The van der Waals surface area contributed by atoms with Crippen molar-refractivity contribution in [3.63, 3.8) is 0 Å². The summed E-state index contributed by atoms with van der Waals surface area (Å²) < 4.78 is 0. The number of carbonyl (C=O) groups is 4. The van der Waals surface area contributed by atoms with E-state index in [-0.39, 0.29) is 45.8 Å². The van der Waals surface area contributed by atoms with Crippen LogP contribution < -0.4 is 5.32 Å². The fourth-order valence-corrected chi connectivity index (χ4v) is 2.46. The first kappa shape index (κ1) is 25.7. The number of rotatable bonds is 18. The molecule has 5 N–H and O–H groups in total. The van der Waals surface area contributed by atoms with Gasteiger partial charge in [-0.2, -0.15) is 0 Å². The maximum absolute atomic E-state index is 11.1. The summed E-state index contributed by atoms with van der Waals surface area (Å²) >= 11 is 0. The molecule has 0 aliphatic carbocycles. The standard InChI is InChI=1S/C16H30N4O8/c1-2-18(10-14(23)24)5-6-20(12-16(27)28)8-7-19(11-15(25)26)4-3-17-9-13(21)22/h17H,2-12H2,1H3,(H,21,22)(H,23,24)(H,25,26)(H,27,28). The van der Waals surface area contributed by atoms with Crippen LogP contribution in [0.2, 0.25) is 0 Å². The van der Waals surface area contributed by atoms with Gasteiger partial charge in [-0.1, -0.05) is 6.92 Å². The fourth-order valence-electron chi connectivity index (χ4n) is 2.46. The van der Waals surface area contributed by atoms with Crippen molar-refractivity contribution in [1.82, 2.24) is 20.0 Å². The van der Waals surface area contributed by atoms with Crippen LogP contribution in [0.3, 0.4) is 0 Å². The Labute approximate surface area is 163 Å². The van der Waals surface area contributed by atoms with Gasteiger partial charge in [0.2, 0.25) is 0 Å². The molecule has 0 rings (SSSR count). The van der Waals surface area contributed by atoms with Crippen molar-refractivity contribution >= 4 is 23.9 Å². The molecule has 0 fully saturated rings. The molecule has 0 atom stereocenters. The Hall–Kier alpha value is -2.28. The molecule has 12 heteroatoms. The summed E-state index contributed by atoms with van der Waals surface area (Å²) in [5.41, 5.74) is 0. The molecule has 162 valence electrons. The Morgan fingerprint density at radius 2 is 1.04 bits per heavy atom. The number of hydrogen-bond acceptors (Lipinski definition) is 8. The van der Waals surface area contributed by atoms with Crippen molar-refractivity contribution in [3.05, 3.63) is 0 Å². The van der Waals surface area contributed by atoms with Crippen LogP contribution in [0, 0.1) is 0 Å². The van der Waals surface area contributed by atoms with E-state index in [1.807, 2.05) is 6.92 Å². The van der Waals surface area contributed by atoms with Crippen molar-refractivity contribution < 1.29 is 39.6 Å². The van der Waals surface area contributed by atoms with Crippen LogP contribution in [-0.4, -0.2) is 131 Å². The van der Waals surface area contributed by atoms with Gasteiger partial charge in [-0.15, -0.1) is 0 Å². The Morgan fingerprint density at radius 1 is 0.643 bits per heavy atom. The minimum absolute atomic E-state index is 0.141. The molecule has 0 spiro atoms. The van der Waals surface area contributed by atoms with E-state index in [4.69, 9.17) is 20.4 Å². The van der Waals surface area contributed by atoms with Gasteiger partial charge in [0.15, 0.2) is 0 Å². The number of aliphatic carboxylic acids is 4. The van der Waals surface area contributed by atoms with Crippen LogP contribution in [-0.2, 0) is 19.2 Å².